The minimum atomic E-state index is 0.516. The van der Waals surface area contributed by atoms with E-state index < -0.39 is 0 Å². The highest BCUT2D eigenvalue weighted by Gasteiger charge is 1.99. The normalized spacial score (nSPS) is 11.2. The Kier molecular flexibility index (Phi) is 7.90. The van der Waals surface area contributed by atoms with Crippen LogP contribution in [0.25, 0.3) is 0 Å². The SMILES string of the molecule is CN=C(NCCCOc1ccccc1)NCCc1ccc(Cl)nc1. The van der Waals surface area contributed by atoms with E-state index in [2.05, 4.69) is 20.6 Å². The average Bonchev–Trinajstić information content (AvgIpc) is 2.62. The van der Waals surface area contributed by atoms with Crippen molar-refractivity contribution in [3.8, 4) is 5.75 Å². The highest BCUT2D eigenvalue weighted by molar-refractivity contribution is 6.29. The number of aromatic nitrogens is 1. The van der Waals surface area contributed by atoms with Gasteiger partial charge in [0.05, 0.1) is 6.61 Å². The Balaban J connectivity index is 1.57. The summed E-state index contributed by atoms with van der Waals surface area (Å²) in [6, 6.07) is 13.6. The standard InChI is InChI=1S/C18H23ClN4O/c1-20-18(22-12-10-15-8-9-17(19)23-14-15)21-11-5-13-24-16-6-3-2-4-7-16/h2-4,6-9,14H,5,10-13H2,1H3,(H2,20,21,22). The van der Waals surface area contributed by atoms with Crippen molar-refractivity contribution in [2.75, 3.05) is 26.7 Å². The summed E-state index contributed by atoms with van der Waals surface area (Å²) in [7, 11) is 1.76. The number of nitrogens with zero attached hydrogens (tertiary/aromatic N) is 2. The van der Waals surface area contributed by atoms with Crippen LogP contribution in [0.4, 0.5) is 0 Å². The van der Waals surface area contributed by atoms with Gasteiger partial charge in [0.2, 0.25) is 0 Å². The van der Waals surface area contributed by atoms with Gasteiger partial charge in [0, 0.05) is 26.3 Å². The first-order valence-electron chi connectivity index (χ1n) is 8.01. The molecule has 0 unspecified atom stereocenters. The maximum atomic E-state index is 5.77. The first-order valence-corrected chi connectivity index (χ1v) is 8.38. The van der Waals surface area contributed by atoms with Crippen LogP contribution >= 0.6 is 11.6 Å². The molecule has 0 spiro atoms. The Bertz CT molecular complexity index is 617. The third-order valence-corrected chi connectivity index (χ3v) is 3.57. The fourth-order valence-electron chi connectivity index (χ4n) is 2.09. The highest BCUT2D eigenvalue weighted by Crippen LogP contribution is 2.08. The number of para-hydroxylation sites is 1. The molecular formula is C18H23ClN4O. The summed E-state index contributed by atoms with van der Waals surface area (Å²) >= 11 is 5.77. The lowest BCUT2D eigenvalue weighted by atomic mass is 10.2. The van der Waals surface area contributed by atoms with E-state index in [1.165, 1.54) is 0 Å². The number of halogens is 1. The number of benzene rings is 1. The van der Waals surface area contributed by atoms with Crippen LogP contribution in [0.2, 0.25) is 5.15 Å². The summed E-state index contributed by atoms with van der Waals surface area (Å²) in [6.45, 7) is 2.25. The van der Waals surface area contributed by atoms with Gasteiger partial charge in [0.25, 0.3) is 0 Å². The average molecular weight is 347 g/mol. The number of hydrogen-bond donors (Lipinski definition) is 2. The third kappa shape index (κ3) is 6.87. The predicted octanol–water partition coefficient (Wildman–Crippen LogP) is 2.91. The van der Waals surface area contributed by atoms with E-state index in [1.54, 1.807) is 19.3 Å². The van der Waals surface area contributed by atoms with Crippen LogP contribution in [0.3, 0.4) is 0 Å². The molecule has 0 aliphatic heterocycles. The van der Waals surface area contributed by atoms with Crippen LogP contribution in [0.5, 0.6) is 5.75 Å². The Morgan fingerprint density at radius 3 is 2.62 bits per heavy atom. The molecule has 0 amide bonds. The number of hydrogen-bond acceptors (Lipinski definition) is 3. The largest absolute Gasteiger partial charge is 0.494 e. The van der Waals surface area contributed by atoms with Crippen molar-refractivity contribution < 1.29 is 4.74 Å². The maximum absolute atomic E-state index is 5.77. The van der Waals surface area contributed by atoms with Gasteiger partial charge in [0.1, 0.15) is 10.9 Å². The zero-order valence-corrected chi connectivity index (χ0v) is 14.6. The second kappa shape index (κ2) is 10.5. The number of pyridine rings is 1. The monoisotopic (exact) mass is 346 g/mol. The Morgan fingerprint density at radius 1 is 1.12 bits per heavy atom. The number of aliphatic imine (C=N–C) groups is 1. The van der Waals surface area contributed by atoms with E-state index in [4.69, 9.17) is 16.3 Å². The first kappa shape index (κ1) is 18.1. The van der Waals surface area contributed by atoms with Crippen molar-refractivity contribution in [2.45, 2.75) is 12.8 Å². The Labute approximate surface area is 148 Å². The maximum Gasteiger partial charge on any atom is 0.190 e. The summed E-state index contributed by atoms with van der Waals surface area (Å²) in [5.74, 6) is 1.69. The van der Waals surface area contributed by atoms with Gasteiger partial charge in [-0.3, -0.25) is 4.99 Å². The molecule has 0 fully saturated rings. The van der Waals surface area contributed by atoms with Crippen molar-refractivity contribution in [1.29, 1.82) is 0 Å². The summed E-state index contributed by atoms with van der Waals surface area (Å²) in [5, 5.41) is 7.07. The zero-order chi connectivity index (χ0) is 17.0. The molecule has 1 heterocycles. The quantitative estimate of drug-likeness (QED) is 0.334. The molecule has 128 valence electrons. The minimum Gasteiger partial charge on any atom is -0.494 e. The molecule has 0 bridgehead atoms. The molecule has 0 saturated heterocycles. The van der Waals surface area contributed by atoms with Crippen molar-refractivity contribution in [1.82, 2.24) is 15.6 Å². The molecule has 0 aliphatic rings. The zero-order valence-electron chi connectivity index (χ0n) is 13.8. The van der Waals surface area contributed by atoms with Crippen molar-refractivity contribution >= 4 is 17.6 Å². The third-order valence-electron chi connectivity index (χ3n) is 3.34. The molecule has 24 heavy (non-hydrogen) atoms. The lowest BCUT2D eigenvalue weighted by molar-refractivity contribution is 0.311. The summed E-state index contributed by atoms with van der Waals surface area (Å²) in [6.07, 6.45) is 3.56. The molecule has 1 aromatic heterocycles. The molecule has 0 radical (unpaired) electrons. The molecule has 2 rings (SSSR count). The van der Waals surface area contributed by atoms with Crippen LogP contribution in [0.15, 0.2) is 53.7 Å². The number of guanidine groups is 1. The molecular weight excluding hydrogens is 324 g/mol. The van der Waals surface area contributed by atoms with Crippen molar-refractivity contribution in [2.24, 2.45) is 4.99 Å². The lowest BCUT2D eigenvalue weighted by Crippen LogP contribution is -2.39. The van der Waals surface area contributed by atoms with Gasteiger partial charge in [-0.05, 0) is 36.6 Å². The van der Waals surface area contributed by atoms with Gasteiger partial charge < -0.3 is 15.4 Å². The second-order valence-electron chi connectivity index (χ2n) is 5.18. The van der Waals surface area contributed by atoms with Crippen LogP contribution in [0, 0.1) is 0 Å². The van der Waals surface area contributed by atoms with E-state index in [9.17, 15) is 0 Å². The molecule has 2 N–H and O–H groups in total. The summed E-state index contributed by atoms with van der Waals surface area (Å²) in [5.41, 5.74) is 1.14. The number of rotatable bonds is 8. The van der Waals surface area contributed by atoms with E-state index in [0.29, 0.717) is 11.8 Å². The van der Waals surface area contributed by atoms with Crippen molar-refractivity contribution in [3.05, 3.63) is 59.4 Å². The minimum absolute atomic E-state index is 0.516. The summed E-state index contributed by atoms with van der Waals surface area (Å²) < 4.78 is 5.65. The van der Waals surface area contributed by atoms with Gasteiger partial charge in [-0.1, -0.05) is 35.9 Å². The van der Waals surface area contributed by atoms with Gasteiger partial charge in [-0.25, -0.2) is 4.98 Å². The fourth-order valence-corrected chi connectivity index (χ4v) is 2.20. The Hall–Kier alpha value is -2.27. The van der Waals surface area contributed by atoms with Gasteiger partial charge >= 0.3 is 0 Å². The molecule has 0 aliphatic carbocycles. The molecule has 6 heteroatoms. The van der Waals surface area contributed by atoms with E-state index in [-0.39, 0.29) is 0 Å². The number of nitrogens with one attached hydrogen (secondary N) is 2. The van der Waals surface area contributed by atoms with Gasteiger partial charge in [0.15, 0.2) is 5.96 Å². The van der Waals surface area contributed by atoms with Crippen LogP contribution < -0.4 is 15.4 Å². The smallest absolute Gasteiger partial charge is 0.190 e. The van der Waals surface area contributed by atoms with E-state index in [0.717, 1.165) is 43.2 Å². The Morgan fingerprint density at radius 2 is 1.92 bits per heavy atom. The molecule has 5 nitrogen and oxygen atoms in total. The highest BCUT2D eigenvalue weighted by atomic mass is 35.5. The van der Waals surface area contributed by atoms with Crippen LogP contribution in [-0.2, 0) is 6.42 Å². The van der Waals surface area contributed by atoms with Gasteiger partial charge in [-0.15, -0.1) is 0 Å². The first-order chi connectivity index (χ1) is 11.8. The van der Waals surface area contributed by atoms with Crippen LogP contribution in [0.1, 0.15) is 12.0 Å². The fraction of sp³-hybridized carbons (Fsp3) is 0.333. The van der Waals surface area contributed by atoms with E-state index >= 15 is 0 Å². The molecule has 0 saturated carbocycles. The number of ether oxygens (including phenoxy) is 1. The molecule has 1 aromatic carbocycles. The molecule has 0 atom stereocenters. The van der Waals surface area contributed by atoms with Gasteiger partial charge in [-0.2, -0.15) is 0 Å². The summed E-state index contributed by atoms with van der Waals surface area (Å²) in [4.78, 5) is 8.28. The van der Waals surface area contributed by atoms with Crippen LogP contribution in [-0.4, -0.2) is 37.7 Å². The predicted molar refractivity (Wildman–Crippen MR) is 98.9 cm³/mol. The second-order valence-corrected chi connectivity index (χ2v) is 5.57. The molecule has 2 aromatic rings. The lowest BCUT2D eigenvalue weighted by Gasteiger charge is -2.12. The van der Waals surface area contributed by atoms with E-state index in [1.807, 2.05) is 36.4 Å². The topological polar surface area (TPSA) is 58.5 Å². The van der Waals surface area contributed by atoms with Crippen molar-refractivity contribution in [3.63, 3.8) is 0 Å².